The molecule has 0 aromatic carbocycles. The van der Waals surface area contributed by atoms with Gasteiger partial charge in [-0.2, -0.15) is 0 Å². The maximum absolute atomic E-state index is 5.57. The Morgan fingerprint density at radius 2 is 1.89 bits per heavy atom. The van der Waals surface area contributed by atoms with E-state index < -0.39 is 0 Å². The van der Waals surface area contributed by atoms with Gasteiger partial charge in [-0.25, -0.2) is 0 Å². The second-order valence-electron chi connectivity index (χ2n) is 4.19. The number of hydrogen-bond acceptors (Lipinski definition) is 5. The number of hydrogen-bond donors (Lipinski definition) is 0. The standard InChI is InChI=1S/C13H16N2S4/c1-5-7-15-11(16)10(19-13(15)17)12-14(6-2)8(3)9(4)18-12/h5H,1,6-7H2,2-4H3/b12-10-. The Morgan fingerprint density at radius 3 is 2.47 bits per heavy atom. The number of thiocarbonyl (C=S) groups is 2. The van der Waals surface area contributed by atoms with Crippen molar-refractivity contribution in [3.05, 3.63) is 33.2 Å². The fourth-order valence-corrected chi connectivity index (χ4v) is 5.17. The summed E-state index contributed by atoms with van der Waals surface area (Å²) in [6, 6.07) is 0. The summed E-state index contributed by atoms with van der Waals surface area (Å²) in [5.41, 5.74) is 1.31. The molecule has 1 fully saturated rings. The Morgan fingerprint density at radius 1 is 1.21 bits per heavy atom. The maximum atomic E-state index is 5.57. The molecule has 0 aliphatic carbocycles. The SMILES string of the molecule is C=CCN1C(=S)S/C(=C2\SC(C)=C(C)N2CC)C1=S. The molecule has 2 heterocycles. The molecule has 19 heavy (non-hydrogen) atoms. The number of nitrogens with zero attached hydrogens (tertiary/aromatic N) is 2. The van der Waals surface area contributed by atoms with Gasteiger partial charge < -0.3 is 9.80 Å². The highest BCUT2D eigenvalue weighted by Gasteiger charge is 2.34. The van der Waals surface area contributed by atoms with Crippen LogP contribution in [0.2, 0.25) is 0 Å². The molecule has 0 spiro atoms. The van der Waals surface area contributed by atoms with Crippen molar-refractivity contribution in [2.24, 2.45) is 0 Å². The highest BCUT2D eigenvalue weighted by Crippen LogP contribution is 2.47. The summed E-state index contributed by atoms with van der Waals surface area (Å²) < 4.78 is 0.825. The summed E-state index contributed by atoms with van der Waals surface area (Å²) in [4.78, 5) is 7.57. The molecule has 0 radical (unpaired) electrons. The molecule has 0 aromatic heterocycles. The van der Waals surface area contributed by atoms with Crippen LogP contribution in [0.4, 0.5) is 0 Å². The molecule has 0 saturated carbocycles. The van der Waals surface area contributed by atoms with Gasteiger partial charge in [-0.15, -0.1) is 6.58 Å². The molecule has 102 valence electrons. The number of rotatable bonds is 3. The fourth-order valence-electron chi connectivity index (χ4n) is 1.98. The Kier molecular flexibility index (Phi) is 4.76. The molecule has 2 aliphatic rings. The second kappa shape index (κ2) is 5.99. The summed E-state index contributed by atoms with van der Waals surface area (Å²) in [6.45, 7) is 11.9. The first-order valence-corrected chi connectivity index (χ1v) is 8.47. The predicted octanol–water partition coefficient (Wildman–Crippen LogP) is 4.32. The van der Waals surface area contributed by atoms with E-state index in [1.807, 2.05) is 11.0 Å². The predicted molar refractivity (Wildman–Crippen MR) is 95.1 cm³/mol. The minimum atomic E-state index is 0.684. The molecule has 1 saturated heterocycles. The van der Waals surface area contributed by atoms with Gasteiger partial charge in [0, 0.05) is 23.7 Å². The molecular formula is C13H16N2S4. The smallest absolute Gasteiger partial charge is 0.146 e. The molecule has 0 amide bonds. The van der Waals surface area contributed by atoms with E-state index >= 15 is 0 Å². The molecule has 6 heteroatoms. The van der Waals surface area contributed by atoms with E-state index in [0.29, 0.717) is 6.54 Å². The third-order valence-electron chi connectivity index (χ3n) is 3.08. The van der Waals surface area contributed by atoms with Crippen molar-refractivity contribution in [2.75, 3.05) is 13.1 Å². The van der Waals surface area contributed by atoms with E-state index in [-0.39, 0.29) is 0 Å². The van der Waals surface area contributed by atoms with Gasteiger partial charge in [-0.1, -0.05) is 54.0 Å². The topological polar surface area (TPSA) is 6.48 Å². The first-order chi connectivity index (χ1) is 9.01. The minimum absolute atomic E-state index is 0.684. The van der Waals surface area contributed by atoms with Crippen LogP contribution in [-0.4, -0.2) is 32.2 Å². The van der Waals surface area contributed by atoms with Crippen molar-refractivity contribution < 1.29 is 0 Å². The van der Waals surface area contributed by atoms with Crippen molar-refractivity contribution in [2.45, 2.75) is 20.8 Å². The van der Waals surface area contributed by atoms with Crippen LogP contribution < -0.4 is 0 Å². The van der Waals surface area contributed by atoms with Crippen LogP contribution in [0.3, 0.4) is 0 Å². The zero-order chi connectivity index (χ0) is 14.2. The lowest BCUT2D eigenvalue weighted by molar-refractivity contribution is 0.486. The molecular weight excluding hydrogens is 312 g/mol. The lowest BCUT2D eigenvalue weighted by Gasteiger charge is -2.21. The van der Waals surface area contributed by atoms with Crippen molar-refractivity contribution in [1.82, 2.24) is 9.80 Å². The average molecular weight is 329 g/mol. The lowest BCUT2D eigenvalue weighted by atomic mass is 10.4. The fraction of sp³-hybridized carbons (Fsp3) is 0.385. The first kappa shape index (κ1) is 15.1. The average Bonchev–Trinajstić information content (AvgIpc) is 2.81. The molecule has 0 atom stereocenters. The molecule has 2 nitrogen and oxygen atoms in total. The monoisotopic (exact) mass is 328 g/mol. The lowest BCUT2D eigenvalue weighted by Crippen LogP contribution is -2.27. The molecule has 0 unspecified atom stereocenters. The quantitative estimate of drug-likeness (QED) is 0.429. The largest absolute Gasteiger partial charge is 0.338 e. The van der Waals surface area contributed by atoms with E-state index in [2.05, 4.69) is 32.3 Å². The maximum Gasteiger partial charge on any atom is 0.146 e. The zero-order valence-corrected chi connectivity index (χ0v) is 14.5. The van der Waals surface area contributed by atoms with Crippen molar-refractivity contribution in [3.63, 3.8) is 0 Å². The van der Waals surface area contributed by atoms with Gasteiger partial charge in [0.15, 0.2) is 0 Å². The Balaban J connectivity index is 2.37. The second-order valence-corrected chi connectivity index (χ2v) is 7.43. The molecule has 2 rings (SSSR count). The molecule has 0 N–H and O–H groups in total. The summed E-state index contributed by atoms with van der Waals surface area (Å²) in [5, 5.41) is 1.22. The highest BCUT2D eigenvalue weighted by molar-refractivity contribution is 8.27. The highest BCUT2D eigenvalue weighted by atomic mass is 32.2. The van der Waals surface area contributed by atoms with E-state index in [0.717, 1.165) is 20.8 Å². The van der Waals surface area contributed by atoms with Gasteiger partial charge in [0.1, 0.15) is 9.31 Å². The summed E-state index contributed by atoms with van der Waals surface area (Å²) in [6.07, 6.45) is 1.83. The summed E-state index contributed by atoms with van der Waals surface area (Å²) in [5.74, 6) is 0. The van der Waals surface area contributed by atoms with Crippen LogP contribution in [0.5, 0.6) is 0 Å². The van der Waals surface area contributed by atoms with Gasteiger partial charge in [-0.3, -0.25) is 0 Å². The Bertz CT molecular complexity index is 519. The van der Waals surface area contributed by atoms with Crippen LogP contribution in [0.1, 0.15) is 20.8 Å². The van der Waals surface area contributed by atoms with Crippen LogP contribution in [0.15, 0.2) is 33.2 Å². The van der Waals surface area contributed by atoms with Crippen LogP contribution >= 0.6 is 48.0 Å². The first-order valence-electron chi connectivity index (χ1n) is 6.03. The Hall–Kier alpha value is -0.300. The minimum Gasteiger partial charge on any atom is -0.338 e. The van der Waals surface area contributed by atoms with Crippen molar-refractivity contribution in [1.29, 1.82) is 0 Å². The van der Waals surface area contributed by atoms with Crippen molar-refractivity contribution >= 4 is 57.3 Å². The van der Waals surface area contributed by atoms with Gasteiger partial charge in [0.2, 0.25) is 0 Å². The van der Waals surface area contributed by atoms with Gasteiger partial charge in [0.05, 0.1) is 9.93 Å². The van der Waals surface area contributed by atoms with Crippen molar-refractivity contribution in [3.8, 4) is 0 Å². The summed E-state index contributed by atoms with van der Waals surface area (Å²) in [7, 11) is 0. The van der Waals surface area contributed by atoms with Gasteiger partial charge in [0.25, 0.3) is 0 Å². The van der Waals surface area contributed by atoms with E-state index in [4.69, 9.17) is 24.4 Å². The third kappa shape index (κ3) is 2.63. The van der Waals surface area contributed by atoms with Crippen LogP contribution in [-0.2, 0) is 0 Å². The number of thioether (sulfide) groups is 2. The summed E-state index contributed by atoms with van der Waals surface area (Å²) >= 11 is 14.4. The molecule has 2 aliphatic heterocycles. The van der Waals surface area contributed by atoms with E-state index in [1.54, 1.807) is 23.5 Å². The van der Waals surface area contributed by atoms with Gasteiger partial charge in [-0.05, 0) is 20.8 Å². The third-order valence-corrected chi connectivity index (χ3v) is 6.44. The normalized spacial score (nSPS) is 23.9. The van der Waals surface area contributed by atoms with Crippen LogP contribution in [0.25, 0.3) is 0 Å². The van der Waals surface area contributed by atoms with Gasteiger partial charge >= 0.3 is 0 Å². The molecule has 0 aromatic rings. The number of allylic oxidation sites excluding steroid dienone is 2. The van der Waals surface area contributed by atoms with E-state index in [9.17, 15) is 0 Å². The zero-order valence-electron chi connectivity index (χ0n) is 11.2. The molecule has 0 bridgehead atoms. The van der Waals surface area contributed by atoms with E-state index in [1.165, 1.54) is 15.6 Å². The Labute approximate surface area is 134 Å². The van der Waals surface area contributed by atoms with Crippen LogP contribution in [0, 0.1) is 0 Å².